The highest BCUT2D eigenvalue weighted by atomic mass is 16.6. The molecule has 0 aliphatic heterocycles. The number of hydrogen-bond donors (Lipinski definition) is 2. The second kappa shape index (κ2) is 10.4. The number of amides is 1. The Morgan fingerprint density at radius 1 is 1.10 bits per heavy atom. The quantitative estimate of drug-likeness (QED) is 0.465. The van der Waals surface area contributed by atoms with Crippen LogP contribution >= 0.6 is 0 Å². The third kappa shape index (κ3) is 6.70. The van der Waals surface area contributed by atoms with E-state index in [1.54, 1.807) is 0 Å². The van der Waals surface area contributed by atoms with Crippen molar-refractivity contribution in [3.8, 4) is 0 Å². The molecule has 1 amide bonds. The van der Waals surface area contributed by atoms with Gasteiger partial charge >= 0.3 is 5.69 Å². The fourth-order valence-corrected chi connectivity index (χ4v) is 2.94. The summed E-state index contributed by atoms with van der Waals surface area (Å²) in [5.74, 6) is 0.466. The lowest BCUT2D eigenvalue weighted by molar-refractivity contribution is -0.383. The lowest BCUT2D eigenvalue weighted by Crippen LogP contribution is -2.34. The molecule has 29 heavy (non-hydrogen) atoms. The maximum Gasteiger partial charge on any atom is 0.355 e. The second-order valence-electron chi connectivity index (χ2n) is 7.68. The van der Waals surface area contributed by atoms with Crippen molar-refractivity contribution in [1.82, 2.24) is 15.4 Å². The van der Waals surface area contributed by atoms with Crippen molar-refractivity contribution in [2.75, 3.05) is 23.4 Å². The normalized spacial score (nSPS) is 10.8. The van der Waals surface area contributed by atoms with E-state index < -0.39 is 4.92 Å². The number of hydrazine groups is 1. The molecular formula is C20H28N6O3. The molecule has 9 heteroatoms. The lowest BCUT2D eigenvalue weighted by atomic mass is 10.1. The molecule has 0 bridgehead atoms. The first-order valence-corrected chi connectivity index (χ1v) is 9.61. The molecule has 2 rings (SSSR count). The number of rotatable bonds is 10. The highest BCUT2D eigenvalue weighted by Crippen LogP contribution is 2.32. The van der Waals surface area contributed by atoms with Crippen molar-refractivity contribution in [2.24, 2.45) is 11.8 Å². The Kier molecular flexibility index (Phi) is 7.88. The molecule has 0 spiro atoms. The van der Waals surface area contributed by atoms with Crippen LogP contribution in [0, 0.1) is 22.0 Å². The van der Waals surface area contributed by atoms with Crippen LogP contribution in [-0.4, -0.2) is 33.9 Å². The molecule has 0 unspecified atom stereocenters. The largest absolute Gasteiger partial charge is 0.355 e. The van der Waals surface area contributed by atoms with Crippen molar-refractivity contribution in [3.05, 3.63) is 52.3 Å². The van der Waals surface area contributed by atoms with E-state index in [1.807, 2.05) is 62.9 Å². The van der Waals surface area contributed by atoms with E-state index >= 15 is 0 Å². The zero-order chi connectivity index (χ0) is 21.4. The lowest BCUT2D eigenvalue weighted by Gasteiger charge is -2.27. The Bertz CT molecular complexity index is 816. The van der Waals surface area contributed by atoms with Crippen LogP contribution in [0.15, 0.2) is 36.7 Å². The fourth-order valence-electron chi connectivity index (χ4n) is 2.94. The third-order valence-corrected chi connectivity index (χ3v) is 3.98. The molecular weight excluding hydrogens is 372 g/mol. The molecule has 2 N–H and O–H groups in total. The number of nitrogens with zero attached hydrogens (tertiary/aromatic N) is 4. The number of benzene rings is 1. The Balaban J connectivity index is 2.22. The van der Waals surface area contributed by atoms with E-state index in [2.05, 4.69) is 20.8 Å². The number of nitro groups is 1. The van der Waals surface area contributed by atoms with Gasteiger partial charge in [-0.3, -0.25) is 25.8 Å². The van der Waals surface area contributed by atoms with Gasteiger partial charge in [0.05, 0.1) is 11.3 Å². The van der Waals surface area contributed by atoms with Crippen molar-refractivity contribution in [1.29, 1.82) is 0 Å². The molecule has 1 heterocycles. The standard InChI is InChI=1S/C20H28N6O3/c1-14(2)11-25(12-15(3)4)20-18(26(28)29)19(21-13-22-20)24-23-17(27)10-16-8-6-5-7-9-16/h5-9,13-15H,10-12H2,1-4H3,(H,23,27)(H,21,22,24). The first kappa shape index (κ1) is 22.1. The smallest absolute Gasteiger partial charge is 0.350 e. The highest BCUT2D eigenvalue weighted by molar-refractivity contribution is 5.81. The molecule has 1 aromatic heterocycles. The van der Waals surface area contributed by atoms with E-state index in [4.69, 9.17) is 0 Å². The van der Waals surface area contributed by atoms with Gasteiger partial charge in [-0.15, -0.1) is 0 Å². The molecule has 9 nitrogen and oxygen atoms in total. The zero-order valence-corrected chi connectivity index (χ0v) is 17.3. The van der Waals surface area contributed by atoms with Crippen molar-refractivity contribution in [3.63, 3.8) is 0 Å². The summed E-state index contributed by atoms with van der Waals surface area (Å²) in [6.07, 6.45) is 1.41. The number of carbonyl (C=O) groups excluding carboxylic acids is 1. The molecule has 1 aromatic carbocycles. The van der Waals surface area contributed by atoms with Crippen molar-refractivity contribution >= 4 is 23.2 Å². The summed E-state index contributed by atoms with van der Waals surface area (Å²) in [6, 6.07) is 9.22. The molecule has 0 radical (unpaired) electrons. The molecule has 156 valence electrons. The SMILES string of the molecule is CC(C)CN(CC(C)C)c1ncnc(NNC(=O)Cc2ccccc2)c1[N+](=O)[O-]. The minimum Gasteiger partial charge on any atom is -0.350 e. The molecule has 0 saturated carbocycles. The average molecular weight is 400 g/mol. The van der Waals surface area contributed by atoms with Crippen LogP contribution in [0.25, 0.3) is 0 Å². The van der Waals surface area contributed by atoms with Gasteiger partial charge in [0.15, 0.2) is 0 Å². The fraction of sp³-hybridized carbons (Fsp3) is 0.450. The van der Waals surface area contributed by atoms with Crippen LogP contribution in [0.1, 0.15) is 33.3 Å². The van der Waals surface area contributed by atoms with Crippen LogP contribution < -0.4 is 15.8 Å². The maximum atomic E-state index is 12.2. The predicted octanol–water partition coefficient (Wildman–Crippen LogP) is 3.19. The van der Waals surface area contributed by atoms with E-state index in [0.717, 1.165) is 5.56 Å². The van der Waals surface area contributed by atoms with Crippen LogP contribution in [0.5, 0.6) is 0 Å². The van der Waals surface area contributed by atoms with Crippen molar-refractivity contribution in [2.45, 2.75) is 34.1 Å². The van der Waals surface area contributed by atoms with Crippen LogP contribution in [-0.2, 0) is 11.2 Å². The molecule has 0 fully saturated rings. The summed E-state index contributed by atoms with van der Waals surface area (Å²) >= 11 is 0. The van der Waals surface area contributed by atoms with Crippen LogP contribution in [0.2, 0.25) is 0 Å². The highest BCUT2D eigenvalue weighted by Gasteiger charge is 2.28. The van der Waals surface area contributed by atoms with Gasteiger partial charge in [0.1, 0.15) is 6.33 Å². The minimum atomic E-state index is -0.519. The average Bonchev–Trinajstić information content (AvgIpc) is 2.65. The van der Waals surface area contributed by atoms with Crippen LogP contribution in [0.4, 0.5) is 17.3 Å². The van der Waals surface area contributed by atoms with Gasteiger partial charge in [-0.25, -0.2) is 9.97 Å². The number of anilines is 2. The zero-order valence-electron chi connectivity index (χ0n) is 17.3. The summed E-state index contributed by atoms with van der Waals surface area (Å²) in [4.78, 5) is 33.5. The monoisotopic (exact) mass is 400 g/mol. The summed E-state index contributed by atoms with van der Waals surface area (Å²) in [7, 11) is 0. The maximum absolute atomic E-state index is 12.2. The molecule has 2 aromatic rings. The number of carbonyl (C=O) groups is 1. The van der Waals surface area contributed by atoms with Crippen LogP contribution in [0.3, 0.4) is 0 Å². The Labute approximate surface area is 170 Å². The van der Waals surface area contributed by atoms with Gasteiger partial charge in [0, 0.05) is 13.1 Å². The Morgan fingerprint density at radius 3 is 2.28 bits per heavy atom. The summed E-state index contributed by atoms with van der Waals surface area (Å²) in [6.45, 7) is 9.42. The molecule has 0 saturated heterocycles. The van der Waals surface area contributed by atoms with Gasteiger partial charge < -0.3 is 4.90 Å². The first-order chi connectivity index (χ1) is 13.8. The Hall–Kier alpha value is -3.23. The topological polar surface area (TPSA) is 113 Å². The first-order valence-electron chi connectivity index (χ1n) is 9.61. The van der Waals surface area contributed by atoms with E-state index in [1.165, 1.54) is 6.33 Å². The Morgan fingerprint density at radius 2 is 1.72 bits per heavy atom. The second-order valence-corrected chi connectivity index (χ2v) is 7.68. The van der Waals surface area contributed by atoms with Gasteiger partial charge in [-0.1, -0.05) is 58.0 Å². The van der Waals surface area contributed by atoms with Gasteiger partial charge in [-0.05, 0) is 17.4 Å². The van der Waals surface area contributed by atoms with E-state index in [0.29, 0.717) is 24.9 Å². The number of aromatic nitrogens is 2. The summed E-state index contributed by atoms with van der Waals surface area (Å²) < 4.78 is 0. The van der Waals surface area contributed by atoms with E-state index in [-0.39, 0.29) is 29.7 Å². The van der Waals surface area contributed by atoms with Gasteiger partial charge in [0.2, 0.25) is 17.5 Å². The number of hydrogen-bond acceptors (Lipinski definition) is 7. The third-order valence-electron chi connectivity index (χ3n) is 3.98. The summed E-state index contributed by atoms with van der Waals surface area (Å²) in [5, 5.41) is 11.8. The van der Waals surface area contributed by atoms with E-state index in [9.17, 15) is 14.9 Å². The molecule has 0 atom stereocenters. The molecule has 0 aliphatic rings. The summed E-state index contributed by atoms with van der Waals surface area (Å²) in [5.41, 5.74) is 5.67. The van der Waals surface area contributed by atoms with Crippen molar-refractivity contribution < 1.29 is 9.72 Å². The van der Waals surface area contributed by atoms with Gasteiger partial charge in [0.25, 0.3) is 0 Å². The predicted molar refractivity (Wildman–Crippen MR) is 112 cm³/mol. The van der Waals surface area contributed by atoms with Gasteiger partial charge in [-0.2, -0.15) is 0 Å². The minimum absolute atomic E-state index is 0.0427. The number of nitrogens with one attached hydrogen (secondary N) is 2. The molecule has 0 aliphatic carbocycles.